The third-order valence-corrected chi connectivity index (χ3v) is 4.52. The highest BCUT2D eigenvalue weighted by molar-refractivity contribution is 5.84. The van der Waals surface area contributed by atoms with Crippen molar-refractivity contribution in [2.24, 2.45) is 11.3 Å². The van der Waals surface area contributed by atoms with Crippen LogP contribution < -0.4 is 5.32 Å². The largest absolute Gasteiger partial charge is 0.480 e. The summed E-state index contributed by atoms with van der Waals surface area (Å²) in [5, 5.41) is 12.4. The first-order valence-electron chi connectivity index (χ1n) is 7.16. The number of nitrogens with one attached hydrogen (secondary N) is 1. The Kier molecular flexibility index (Phi) is 3.74. The maximum absolute atomic E-state index is 12.3. The highest BCUT2D eigenvalue weighted by Gasteiger charge is 2.46. The maximum atomic E-state index is 12.3. The topological polar surface area (TPSA) is 69.6 Å². The molecule has 1 aliphatic carbocycles. The third kappa shape index (κ3) is 2.85. The number of urea groups is 1. The molecule has 1 aliphatic heterocycles. The van der Waals surface area contributed by atoms with Gasteiger partial charge in [-0.05, 0) is 30.6 Å². The molecule has 5 nitrogen and oxygen atoms in total. The molecule has 2 N–H and O–H groups in total. The van der Waals surface area contributed by atoms with E-state index in [1.165, 1.54) is 4.90 Å². The van der Waals surface area contributed by atoms with E-state index in [0.717, 1.165) is 25.7 Å². The quantitative estimate of drug-likeness (QED) is 0.823. The monoisotopic (exact) mass is 268 g/mol. The van der Waals surface area contributed by atoms with Gasteiger partial charge in [0, 0.05) is 12.6 Å². The van der Waals surface area contributed by atoms with Crippen LogP contribution in [0.1, 0.15) is 46.5 Å². The molecule has 1 saturated heterocycles. The second-order valence-corrected chi connectivity index (χ2v) is 6.49. The van der Waals surface area contributed by atoms with Gasteiger partial charge in [-0.15, -0.1) is 0 Å². The average Bonchev–Trinajstić information content (AvgIpc) is 3.05. The van der Waals surface area contributed by atoms with Crippen molar-refractivity contribution < 1.29 is 14.7 Å². The summed E-state index contributed by atoms with van der Waals surface area (Å²) in [6.07, 6.45) is 3.80. The molecule has 0 aromatic carbocycles. The van der Waals surface area contributed by atoms with E-state index in [1.54, 1.807) is 0 Å². The second kappa shape index (κ2) is 5.02. The van der Waals surface area contributed by atoms with Crippen LogP contribution >= 0.6 is 0 Å². The lowest BCUT2D eigenvalue weighted by molar-refractivity contribution is -0.148. The number of likely N-dealkylation sites (tertiary alicyclic amines) is 1. The van der Waals surface area contributed by atoms with Crippen LogP contribution in [0.2, 0.25) is 0 Å². The first-order valence-corrected chi connectivity index (χ1v) is 7.16. The number of nitrogens with zero attached hydrogens (tertiary/aromatic N) is 1. The summed E-state index contributed by atoms with van der Waals surface area (Å²) < 4.78 is 0. The van der Waals surface area contributed by atoms with Crippen LogP contribution in [-0.4, -0.2) is 40.6 Å². The molecule has 2 fully saturated rings. The van der Waals surface area contributed by atoms with Gasteiger partial charge in [-0.3, -0.25) is 0 Å². The van der Waals surface area contributed by atoms with E-state index in [-0.39, 0.29) is 17.5 Å². The van der Waals surface area contributed by atoms with Crippen molar-refractivity contribution in [3.05, 3.63) is 0 Å². The summed E-state index contributed by atoms with van der Waals surface area (Å²) in [7, 11) is 0. The molecule has 2 amide bonds. The molecule has 19 heavy (non-hydrogen) atoms. The summed E-state index contributed by atoms with van der Waals surface area (Å²) >= 11 is 0. The lowest BCUT2D eigenvalue weighted by Crippen LogP contribution is -2.59. The minimum absolute atomic E-state index is 0.207. The van der Waals surface area contributed by atoms with E-state index in [9.17, 15) is 14.7 Å². The van der Waals surface area contributed by atoms with E-state index in [0.29, 0.717) is 12.5 Å². The zero-order chi connectivity index (χ0) is 14.2. The molecule has 2 aliphatic rings. The predicted molar refractivity (Wildman–Crippen MR) is 71.9 cm³/mol. The van der Waals surface area contributed by atoms with Crippen molar-refractivity contribution in [1.29, 1.82) is 0 Å². The fourth-order valence-electron chi connectivity index (χ4n) is 3.20. The zero-order valence-corrected chi connectivity index (χ0v) is 12.0. The molecule has 0 spiro atoms. The van der Waals surface area contributed by atoms with Crippen LogP contribution in [0.15, 0.2) is 0 Å². The highest BCUT2D eigenvalue weighted by atomic mass is 16.4. The first kappa shape index (κ1) is 14.2. The molecule has 1 heterocycles. The number of hydrogen-bond donors (Lipinski definition) is 2. The number of hydrogen-bond acceptors (Lipinski definition) is 2. The third-order valence-electron chi connectivity index (χ3n) is 4.52. The summed E-state index contributed by atoms with van der Waals surface area (Å²) in [6.45, 7) is 6.50. The van der Waals surface area contributed by atoms with Gasteiger partial charge in [0.1, 0.15) is 6.04 Å². The van der Waals surface area contributed by atoms with Crippen molar-refractivity contribution >= 4 is 12.0 Å². The Hall–Kier alpha value is -1.26. The molecule has 3 unspecified atom stereocenters. The Morgan fingerprint density at radius 2 is 2.11 bits per heavy atom. The van der Waals surface area contributed by atoms with Gasteiger partial charge in [-0.2, -0.15) is 0 Å². The fraction of sp³-hybridized carbons (Fsp3) is 0.857. The molecule has 0 aromatic rings. The molecular weight excluding hydrogens is 244 g/mol. The van der Waals surface area contributed by atoms with Gasteiger partial charge in [0.15, 0.2) is 0 Å². The molecule has 2 rings (SSSR count). The van der Waals surface area contributed by atoms with Gasteiger partial charge < -0.3 is 15.3 Å². The van der Waals surface area contributed by atoms with E-state index >= 15 is 0 Å². The van der Waals surface area contributed by atoms with Gasteiger partial charge in [0.05, 0.1) is 0 Å². The Bertz CT molecular complexity index is 381. The zero-order valence-electron chi connectivity index (χ0n) is 12.0. The number of rotatable bonds is 3. The maximum Gasteiger partial charge on any atom is 0.327 e. The standard InChI is InChI=1S/C14H24N2O3/c1-4-9-8-10(9)15-13(19)16-7-5-6-14(2,3)11(16)12(17)18/h9-11H,4-8H2,1-3H3,(H,15,19)(H,17,18). The highest BCUT2D eigenvalue weighted by Crippen LogP contribution is 2.37. The number of piperidine rings is 1. The van der Waals surface area contributed by atoms with Crippen molar-refractivity contribution in [3.8, 4) is 0 Å². The normalized spacial score (nSPS) is 32.8. The van der Waals surface area contributed by atoms with Crippen molar-refractivity contribution in [1.82, 2.24) is 10.2 Å². The number of aliphatic carboxylic acids is 1. The van der Waals surface area contributed by atoms with E-state index < -0.39 is 12.0 Å². The fourth-order valence-corrected chi connectivity index (χ4v) is 3.20. The van der Waals surface area contributed by atoms with Gasteiger partial charge in [0.25, 0.3) is 0 Å². The van der Waals surface area contributed by atoms with E-state index in [4.69, 9.17) is 0 Å². The lowest BCUT2D eigenvalue weighted by Gasteiger charge is -2.43. The second-order valence-electron chi connectivity index (χ2n) is 6.49. The van der Waals surface area contributed by atoms with Crippen molar-refractivity contribution in [2.75, 3.05) is 6.54 Å². The lowest BCUT2D eigenvalue weighted by atomic mass is 9.76. The molecule has 0 radical (unpaired) electrons. The predicted octanol–water partition coefficient (Wildman–Crippen LogP) is 2.07. The number of carboxylic acid groups (broad SMARTS) is 1. The molecule has 0 bridgehead atoms. The number of carbonyl (C=O) groups excluding carboxylic acids is 1. The van der Waals surface area contributed by atoms with Crippen LogP contribution in [0.5, 0.6) is 0 Å². The minimum atomic E-state index is -0.900. The van der Waals surface area contributed by atoms with Gasteiger partial charge in [-0.1, -0.05) is 27.2 Å². The summed E-state index contributed by atoms with van der Waals surface area (Å²) in [5.41, 5.74) is -0.366. The SMILES string of the molecule is CCC1CC1NC(=O)N1CCCC(C)(C)C1C(=O)O. The van der Waals surface area contributed by atoms with Crippen LogP contribution in [-0.2, 0) is 4.79 Å². The molecule has 108 valence electrons. The summed E-state index contributed by atoms with van der Waals surface area (Å²) in [5.74, 6) is -0.326. The van der Waals surface area contributed by atoms with Crippen LogP contribution in [0.4, 0.5) is 4.79 Å². The van der Waals surface area contributed by atoms with Crippen LogP contribution in [0, 0.1) is 11.3 Å². The molecule has 0 aromatic heterocycles. The Balaban J connectivity index is 2.04. The van der Waals surface area contributed by atoms with Crippen LogP contribution in [0.25, 0.3) is 0 Å². The first-order chi connectivity index (χ1) is 8.86. The summed E-state index contributed by atoms with van der Waals surface area (Å²) in [6, 6.07) is -0.682. The minimum Gasteiger partial charge on any atom is -0.480 e. The van der Waals surface area contributed by atoms with Gasteiger partial charge in [-0.25, -0.2) is 9.59 Å². The number of carbonyl (C=O) groups is 2. The Morgan fingerprint density at radius 1 is 1.42 bits per heavy atom. The van der Waals surface area contributed by atoms with Crippen molar-refractivity contribution in [2.45, 2.75) is 58.5 Å². The van der Waals surface area contributed by atoms with Gasteiger partial charge >= 0.3 is 12.0 Å². The number of carboxylic acids is 1. The molecule has 1 saturated carbocycles. The van der Waals surface area contributed by atoms with E-state index in [1.807, 2.05) is 13.8 Å². The molecule has 5 heteroatoms. The van der Waals surface area contributed by atoms with E-state index in [2.05, 4.69) is 12.2 Å². The molecule has 3 atom stereocenters. The Labute approximate surface area is 114 Å². The average molecular weight is 268 g/mol. The van der Waals surface area contributed by atoms with Crippen LogP contribution in [0.3, 0.4) is 0 Å². The van der Waals surface area contributed by atoms with Gasteiger partial charge in [0.2, 0.25) is 0 Å². The Morgan fingerprint density at radius 3 is 2.63 bits per heavy atom. The summed E-state index contributed by atoms with van der Waals surface area (Å²) in [4.78, 5) is 25.3. The van der Waals surface area contributed by atoms with Crippen molar-refractivity contribution in [3.63, 3.8) is 0 Å². The smallest absolute Gasteiger partial charge is 0.327 e. The number of amides is 2. The molecular formula is C14H24N2O3.